The van der Waals surface area contributed by atoms with Gasteiger partial charge in [0.15, 0.2) is 0 Å². The number of rotatable bonds is 6. The Morgan fingerprint density at radius 1 is 1.24 bits per heavy atom. The average molecular weight is 343 g/mol. The fourth-order valence-corrected chi connectivity index (χ4v) is 2.97. The van der Waals surface area contributed by atoms with Gasteiger partial charge >= 0.3 is 5.97 Å². The fraction of sp³-hybridized carbons (Fsp3) is 0.421. The molecule has 1 N–H and O–H groups in total. The van der Waals surface area contributed by atoms with Crippen LogP contribution in [0.1, 0.15) is 34.2 Å². The molecular formula is C19H25N3O3. The van der Waals surface area contributed by atoms with Crippen LogP contribution in [-0.4, -0.2) is 34.8 Å². The number of aromatic nitrogens is 2. The molecule has 0 bridgehead atoms. The summed E-state index contributed by atoms with van der Waals surface area (Å²) in [5.41, 5.74) is 3.03. The molecule has 1 aromatic carbocycles. The molecule has 6 heteroatoms. The number of carbonyl (C=O) groups excluding carboxylic acids is 2. The second kappa shape index (κ2) is 7.96. The fourth-order valence-electron chi connectivity index (χ4n) is 2.97. The molecule has 0 aliphatic carbocycles. The Balaban J connectivity index is 2.17. The quantitative estimate of drug-likeness (QED) is 0.816. The molecule has 0 radical (unpaired) electrons. The Bertz CT molecular complexity index is 753. The van der Waals surface area contributed by atoms with Gasteiger partial charge in [-0.3, -0.25) is 14.3 Å². The first kappa shape index (κ1) is 18.7. The first-order valence-electron chi connectivity index (χ1n) is 8.28. The molecule has 1 aromatic heterocycles. The van der Waals surface area contributed by atoms with Crippen molar-refractivity contribution in [3.05, 3.63) is 52.8 Å². The smallest absolute Gasteiger partial charge is 0.311 e. The van der Waals surface area contributed by atoms with Crippen LogP contribution in [0, 0.1) is 19.8 Å². The number of amides is 1. The van der Waals surface area contributed by atoms with Crippen LogP contribution >= 0.6 is 0 Å². The number of esters is 1. The van der Waals surface area contributed by atoms with E-state index in [1.807, 2.05) is 44.2 Å². The lowest BCUT2D eigenvalue weighted by molar-refractivity contribution is -0.146. The molecule has 0 aliphatic heterocycles. The number of nitrogens with one attached hydrogen (secondary N) is 1. The summed E-state index contributed by atoms with van der Waals surface area (Å²) in [5, 5.41) is 7.20. The van der Waals surface area contributed by atoms with E-state index in [0.717, 1.165) is 11.3 Å². The Labute approximate surface area is 148 Å². The van der Waals surface area contributed by atoms with Crippen LogP contribution in [0.4, 0.5) is 0 Å². The van der Waals surface area contributed by atoms with E-state index in [0.29, 0.717) is 17.7 Å². The summed E-state index contributed by atoms with van der Waals surface area (Å²) < 4.78 is 6.62. The van der Waals surface area contributed by atoms with Crippen LogP contribution in [-0.2, 0) is 23.0 Å². The van der Waals surface area contributed by atoms with Crippen LogP contribution in [0.25, 0.3) is 0 Å². The first-order chi connectivity index (χ1) is 11.8. The lowest BCUT2D eigenvalue weighted by Gasteiger charge is -2.23. The van der Waals surface area contributed by atoms with Gasteiger partial charge in [0.2, 0.25) is 0 Å². The number of carbonyl (C=O) groups is 2. The summed E-state index contributed by atoms with van der Waals surface area (Å²) >= 11 is 0. The number of aryl methyl sites for hydroxylation is 2. The summed E-state index contributed by atoms with van der Waals surface area (Å²) in [6, 6.07) is 9.32. The van der Waals surface area contributed by atoms with E-state index in [2.05, 4.69) is 10.4 Å². The van der Waals surface area contributed by atoms with Gasteiger partial charge in [-0.25, -0.2) is 0 Å². The Kier molecular flexibility index (Phi) is 5.96. The van der Waals surface area contributed by atoms with E-state index in [4.69, 9.17) is 4.74 Å². The predicted octanol–water partition coefficient (Wildman–Crippen LogP) is 2.19. The van der Waals surface area contributed by atoms with E-state index in [9.17, 15) is 9.59 Å². The lowest BCUT2D eigenvalue weighted by atomic mass is 9.92. The molecule has 2 aromatic rings. The highest BCUT2D eigenvalue weighted by atomic mass is 16.5. The highest BCUT2D eigenvalue weighted by molar-refractivity contribution is 5.96. The molecule has 1 amide bonds. The number of nitrogens with zero attached hydrogens (tertiary/aromatic N) is 2. The van der Waals surface area contributed by atoms with Crippen LogP contribution in [0.3, 0.4) is 0 Å². The minimum atomic E-state index is -0.464. The minimum absolute atomic E-state index is 0.224. The van der Waals surface area contributed by atoms with Gasteiger partial charge in [-0.1, -0.05) is 30.3 Å². The molecule has 0 unspecified atom stereocenters. The molecule has 0 aliphatic rings. The summed E-state index contributed by atoms with van der Waals surface area (Å²) in [6.07, 6.45) is 0.500. The maximum atomic E-state index is 12.7. The topological polar surface area (TPSA) is 73.2 Å². The molecule has 0 saturated carbocycles. The largest absolute Gasteiger partial charge is 0.469 e. The van der Waals surface area contributed by atoms with Gasteiger partial charge in [0.1, 0.15) is 0 Å². The molecule has 2 rings (SSSR count). The molecule has 1 heterocycles. The molecule has 134 valence electrons. The molecule has 25 heavy (non-hydrogen) atoms. The van der Waals surface area contributed by atoms with Crippen molar-refractivity contribution < 1.29 is 14.3 Å². The van der Waals surface area contributed by atoms with Crippen LogP contribution in [0.2, 0.25) is 0 Å². The Morgan fingerprint density at radius 3 is 2.40 bits per heavy atom. The van der Waals surface area contributed by atoms with Gasteiger partial charge in [-0.05, 0) is 32.8 Å². The maximum Gasteiger partial charge on any atom is 0.311 e. The normalized spacial score (nSPS) is 13.2. The maximum absolute atomic E-state index is 12.7. The van der Waals surface area contributed by atoms with E-state index in [-0.39, 0.29) is 17.9 Å². The van der Waals surface area contributed by atoms with E-state index >= 15 is 0 Å². The summed E-state index contributed by atoms with van der Waals surface area (Å²) in [4.78, 5) is 24.9. The Morgan fingerprint density at radius 2 is 1.88 bits per heavy atom. The molecule has 0 fully saturated rings. The van der Waals surface area contributed by atoms with Crippen molar-refractivity contribution in [1.82, 2.24) is 15.1 Å². The summed E-state index contributed by atoms with van der Waals surface area (Å²) in [5.74, 6) is -1.03. The SMILES string of the molecule is COC(=O)[C@H](Cc1ccccc1)[C@@H](C)NC(=O)c1c(C)nn(C)c1C. The Hall–Kier alpha value is -2.63. The van der Waals surface area contributed by atoms with E-state index < -0.39 is 5.92 Å². The number of hydrogen-bond acceptors (Lipinski definition) is 4. The molecule has 6 nitrogen and oxygen atoms in total. The van der Waals surface area contributed by atoms with Crippen molar-refractivity contribution in [2.75, 3.05) is 7.11 Å². The van der Waals surface area contributed by atoms with E-state index in [1.165, 1.54) is 7.11 Å². The zero-order chi connectivity index (χ0) is 18.6. The lowest BCUT2D eigenvalue weighted by Crippen LogP contribution is -2.43. The van der Waals surface area contributed by atoms with Crippen molar-refractivity contribution in [3.63, 3.8) is 0 Å². The van der Waals surface area contributed by atoms with Crippen molar-refractivity contribution in [2.24, 2.45) is 13.0 Å². The number of ether oxygens (including phenoxy) is 1. The van der Waals surface area contributed by atoms with Crippen molar-refractivity contribution in [1.29, 1.82) is 0 Å². The van der Waals surface area contributed by atoms with Gasteiger partial charge in [0.25, 0.3) is 5.91 Å². The van der Waals surface area contributed by atoms with Crippen molar-refractivity contribution >= 4 is 11.9 Å². The van der Waals surface area contributed by atoms with Crippen LogP contribution in [0.5, 0.6) is 0 Å². The molecule has 0 saturated heterocycles. The predicted molar refractivity (Wildman–Crippen MR) is 95.3 cm³/mol. The number of hydrogen-bond donors (Lipinski definition) is 1. The second-order valence-electron chi connectivity index (χ2n) is 6.25. The summed E-state index contributed by atoms with van der Waals surface area (Å²) in [7, 11) is 3.17. The third-order valence-electron chi connectivity index (χ3n) is 4.50. The first-order valence-corrected chi connectivity index (χ1v) is 8.28. The third-order valence-corrected chi connectivity index (χ3v) is 4.50. The highest BCUT2D eigenvalue weighted by Crippen LogP contribution is 2.17. The highest BCUT2D eigenvalue weighted by Gasteiger charge is 2.29. The average Bonchev–Trinajstić information content (AvgIpc) is 2.85. The molecular weight excluding hydrogens is 318 g/mol. The third kappa shape index (κ3) is 4.26. The molecule has 0 spiro atoms. The monoisotopic (exact) mass is 343 g/mol. The van der Waals surface area contributed by atoms with Gasteiger partial charge in [0, 0.05) is 18.8 Å². The second-order valence-corrected chi connectivity index (χ2v) is 6.25. The minimum Gasteiger partial charge on any atom is -0.469 e. The number of benzene rings is 1. The standard InChI is InChI=1S/C19H25N3O3/c1-12(20-18(23)17-13(2)21-22(4)14(17)3)16(19(24)25-5)11-15-9-7-6-8-10-15/h6-10,12,16H,11H2,1-5H3,(H,20,23)/t12-,16-/m1/s1. The summed E-state index contributed by atoms with van der Waals surface area (Å²) in [6.45, 7) is 5.47. The van der Waals surface area contributed by atoms with Gasteiger partial charge in [-0.2, -0.15) is 5.10 Å². The van der Waals surface area contributed by atoms with Gasteiger partial charge in [0.05, 0.1) is 24.3 Å². The van der Waals surface area contributed by atoms with Gasteiger partial charge < -0.3 is 10.1 Å². The molecule has 2 atom stereocenters. The zero-order valence-electron chi connectivity index (χ0n) is 15.4. The van der Waals surface area contributed by atoms with E-state index in [1.54, 1.807) is 18.7 Å². The number of methoxy groups -OCH3 is 1. The van der Waals surface area contributed by atoms with Crippen LogP contribution in [0.15, 0.2) is 30.3 Å². The van der Waals surface area contributed by atoms with Crippen molar-refractivity contribution in [3.8, 4) is 0 Å². The van der Waals surface area contributed by atoms with Gasteiger partial charge in [-0.15, -0.1) is 0 Å². The zero-order valence-corrected chi connectivity index (χ0v) is 15.4. The van der Waals surface area contributed by atoms with Crippen molar-refractivity contribution in [2.45, 2.75) is 33.2 Å². The van der Waals surface area contributed by atoms with Crippen LogP contribution < -0.4 is 5.32 Å².